The maximum atomic E-state index is 5.96. The van der Waals surface area contributed by atoms with Gasteiger partial charge in [-0.3, -0.25) is 4.98 Å². The third kappa shape index (κ3) is 2.49. The zero-order valence-corrected chi connectivity index (χ0v) is 13.1. The van der Waals surface area contributed by atoms with Crippen LogP contribution in [0.15, 0.2) is 30.5 Å². The van der Waals surface area contributed by atoms with Gasteiger partial charge in [-0.2, -0.15) is 0 Å². The monoisotopic (exact) mass is 284 g/mol. The molecule has 1 aliphatic rings. The van der Waals surface area contributed by atoms with Crippen LogP contribution in [0.2, 0.25) is 0 Å². The lowest BCUT2D eigenvalue weighted by Gasteiger charge is -2.25. The van der Waals surface area contributed by atoms with Gasteiger partial charge >= 0.3 is 0 Å². The first-order chi connectivity index (χ1) is 10.1. The molecule has 2 aromatic rings. The zero-order chi connectivity index (χ0) is 15.0. The molecular weight excluding hydrogens is 260 g/mol. The van der Waals surface area contributed by atoms with Gasteiger partial charge < -0.3 is 15.5 Å². The van der Waals surface area contributed by atoms with Gasteiger partial charge in [-0.05, 0) is 26.1 Å². The Balaban J connectivity index is 2.07. The van der Waals surface area contributed by atoms with Crippen LogP contribution in [0.5, 0.6) is 0 Å². The largest absolute Gasteiger partial charge is 0.369 e. The van der Waals surface area contributed by atoms with Crippen LogP contribution >= 0.6 is 0 Å². The molecule has 1 aromatic heterocycles. The molecule has 0 radical (unpaired) electrons. The number of nitrogens with zero attached hydrogens (tertiary/aromatic N) is 3. The van der Waals surface area contributed by atoms with Crippen molar-refractivity contribution < 1.29 is 0 Å². The van der Waals surface area contributed by atoms with Crippen LogP contribution in [-0.4, -0.2) is 43.1 Å². The number of aromatic nitrogens is 1. The molecule has 0 spiro atoms. The van der Waals surface area contributed by atoms with E-state index in [1.54, 1.807) is 0 Å². The quantitative estimate of drug-likeness (QED) is 0.937. The fraction of sp³-hybridized carbons (Fsp3) is 0.471. The highest BCUT2D eigenvalue weighted by Gasteiger charge is 2.32. The van der Waals surface area contributed by atoms with Crippen LogP contribution in [0.4, 0.5) is 5.69 Å². The van der Waals surface area contributed by atoms with Gasteiger partial charge in [0.2, 0.25) is 0 Å². The van der Waals surface area contributed by atoms with Crippen molar-refractivity contribution in [3.63, 3.8) is 0 Å². The molecule has 2 heterocycles. The third-order valence-corrected chi connectivity index (χ3v) is 4.59. The van der Waals surface area contributed by atoms with Crippen LogP contribution in [0, 0.1) is 5.92 Å². The molecule has 0 amide bonds. The molecule has 4 nitrogen and oxygen atoms in total. The molecule has 0 bridgehead atoms. The number of rotatable bonds is 3. The van der Waals surface area contributed by atoms with Gasteiger partial charge in [0, 0.05) is 42.8 Å². The van der Waals surface area contributed by atoms with E-state index in [-0.39, 0.29) is 0 Å². The van der Waals surface area contributed by atoms with Crippen molar-refractivity contribution in [1.82, 2.24) is 9.88 Å². The highest BCUT2D eigenvalue weighted by Crippen LogP contribution is 2.34. The van der Waals surface area contributed by atoms with Crippen LogP contribution in [0.25, 0.3) is 10.9 Å². The Bertz CT molecular complexity index is 638. The summed E-state index contributed by atoms with van der Waals surface area (Å²) in [5.74, 6) is 0.651. The molecule has 2 unspecified atom stereocenters. The van der Waals surface area contributed by atoms with Crippen molar-refractivity contribution in [2.24, 2.45) is 11.7 Å². The van der Waals surface area contributed by atoms with E-state index in [0.717, 1.165) is 24.2 Å². The Morgan fingerprint density at radius 3 is 2.71 bits per heavy atom. The Morgan fingerprint density at radius 2 is 2.05 bits per heavy atom. The summed E-state index contributed by atoms with van der Waals surface area (Å²) in [6, 6.07) is 8.93. The standard InChI is InChI=1S/C17H24N4/c1-12-10-21(11-16(12)20(2)3)17-13(8-18)9-19-15-7-5-4-6-14(15)17/h4-7,9,12,16H,8,10-11,18H2,1-3H3. The van der Waals surface area contributed by atoms with Gasteiger partial charge in [-0.1, -0.05) is 25.1 Å². The van der Waals surface area contributed by atoms with Gasteiger partial charge in [0.1, 0.15) is 0 Å². The van der Waals surface area contributed by atoms with E-state index in [1.807, 2.05) is 12.3 Å². The number of hydrogen-bond donors (Lipinski definition) is 1. The van der Waals surface area contributed by atoms with E-state index in [1.165, 1.54) is 11.1 Å². The van der Waals surface area contributed by atoms with Gasteiger partial charge in [0.15, 0.2) is 0 Å². The number of anilines is 1. The molecule has 0 aliphatic carbocycles. The second-order valence-electron chi connectivity index (χ2n) is 6.27. The second kappa shape index (κ2) is 5.62. The topological polar surface area (TPSA) is 45.4 Å². The normalized spacial score (nSPS) is 22.4. The van der Waals surface area contributed by atoms with E-state index in [0.29, 0.717) is 18.5 Å². The van der Waals surface area contributed by atoms with Crippen LogP contribution in [-0.2, 0) is 6.54 Å². The summed E-state index contributed by atoms with van der Waals surface area (Å²) in [5, 5.41) is 1.21. The van der Waals surface area contributed by atoms with Crippen LogP contribution in [0.3, 0.4) is 0 Å². The lowest BCUT2D eigenvalue weighted by atomic mass is 10.1. The fourth-order valence-corrected chi connectivity index (χ4v) is 3.50. The number of pyridine rings is 1. The lowest BCUT2D eigenvalue weighted by molar-refractivity contribution is 0.266. The first-order valence-electron chi connectivity index (χ1n) is 7.60. The summed E-state index contributed by atoms with van der Waals surface area (Å²) in [7, 11) is 4.33. The van der Waals surface area contributed by atoms with Gasteiger partial charge in [0.05, 0.1) is 11.2 Å². The molecule has 21 heavy (non-hydrogen) atoms. The smallest absolute Gasteiger partial charge is 0.0723 e. The van der Waals surface area contributed by atoms with Gasteiger partial charge in [-0.15, -0.1) is 0 Å². The van der Waals surface area contributed by atoms with Crippen LogP contribution < -0.4 is 10.6 Å². The highest BCUT2D eigenvalue weighted by molar-refractivity contribution is 5.93. The minimum Gasteiger partial charge on any atom is -0.369 e. The second-order valence-corrected chi connectivity index (χ2v) is 6.27. The zero-order valence-electron chi connectivity index (χ0n) is 13.1. The van der Waals surface area contributed by atoms with E-state index in [9.17, 15) is 0 Å². The van der Waals surface area contributed by atoms with E-state index < -0.39 is 0 Å². The third-order valence-electron chi connectivity index (χ3n) is 4.59. The first kappa shape index (κ1) is 14.3. The summed E-state index contributed by atoms with van der Waals surface area (Å²) >= 11 is 0. The molecule has 1 fully saturated rings. The fourth-order valence-electron chi connectivity index (χ4n) is 3.50. The van der Waals surface area contributed by atoms with E-state index >= 15 is 0 Å². The summed E-state index contributed by atoms with van der Waals surface area (Å²) in [6.45, 7) is 4.99. The molecule has 2 N–H and O–H groups in total. The minimum atomic E-state index is 0.532. The number of fused-ring (bicyclic) bond motifs is 1. The van der Waals surface area contributed by atoms with Crippen molar-refractivity contribution in [2.45, 2.75) is 19.5 Å². The Hall–Kier alpha value is -1.65. The van der Waals surface area contributed by atoms with Crippen molar-refractivity contribution in [3.05, 3.63) is 36.0 Å². The number of benzene rings is 1. The molecule has 0 saturated carbocycles. The summed E-state index contributed by atoms with van der Waals surface area (Å²) in [5.41, 5.74) is 9.42. The SMILES string of the molecule is CC1CN(c2c(CN)cnc3ccccc23)CC1N(C)C. The Morgan fingerprint density at radius 1 is 1.29 bits per heavy atom. The van der Waals surface area contributed by atoms with Crippen molar-refractivity contribution in [1.29, 1.82) is 0 Å². The molecular formula is C17H24N4. The predicted octanol–water partition coefficient (Wildman–Crippen LogP) is 2.08. The lowest BCUT2D eigenvalue weighted by Crippen LogP contribution is -2.34. The summed E-state index contributed by atoms with van der Waals surface area (Å²) in [4.78, 5) is 9.36. The Kier molecular flexibility index (Phi) is 3.83. The highest BCUT2D eigenvalue weighted by atomic mass is 15.2. The maximum absolute atomic E-state index is 5.96. The van der Waals surface area contributed by atoms with Crippen molar-refractivity contribution in [3.8, 4) is 0 Å². The molecule has 1 aliphatic heterocycles. The van der Waals surface area contributed by atoms with Crippen molar-refractivity contribution in [2.75, 3.05) is 32.1 Å². The van der Waals surface area contributed by atoms with E-state index in [4.69, 9.17) is 5.73 Å². The molecule has 112 valence electrons. The molecule has 3 rings (SSSR count). The van der Waals surface area contributed by atoms with E-state index in [2.05, 4.69) is 54.0 Å². The summed E-state index contributed by atoms with van der Waals surface area (Å²) < 4.78 is 0. The predicted molar refractivity (Wildman–Crippen MR) is 88.5 cm³/mol. The molecule has 1 saturated heterocycles. The first-order valence-corrected chi connectivity index (χ1v) is 7.60. The number of para-hydroxylation sites is 1. The average Bonchev–Trinajstić information content (AvgIpc) is 2.87. The average molecular weight is 284 g/mol. The van der Waals surface area contributed by atoms with Crippen molar-refractivity contribution >= 4 is 16.6 Å². The maximum Gasteiger partial charge on any atom is 0.0723 e. The van der Waals surface area contributed by atoms with Gasteiger partial charge in [-0.25, -0.2) is 0 Å². The number of nitrogens with two attached hydrogens (primary N) is 1. The number of hydrogen-bond acceptors (Lipinski definition) is 4. The molecule has 2 atom stereocenters. The molecule has 1 aromatic carbocycles. The van der Waals surface area contributed by atoms with Crippen LogP contribution in [0.1, 0.15) is 12.5 Å². The minimum absolute atomic E-state index is 0.532. The molecule has 4 heteroatoms. The van der Waals surface area contributed by atoms with Gasteiger partial charge in [0.25, 0.3) is 0 Å². The Labute approximate surface area is 126 Å². The summed E-state index contributed by atoms with van der Waals surface area (Å²) in [6.07, 6.45) is 1.94. The number of likely N-dealkylation sites (N-methyl/N-ethyl adjacent to an activating group) is 1.